The molecule has 4 rings (SSSR count). The van der Waals surface area contributed by atoms with Crippen LogP contribution in [0.5, 0.6) is 0 Å². The van der Waals surface area contributed by atoms with E-state index in [1.807, 2.05) is 55.1 Å². The van der Waals surface area contributed by atoms with E-state index in [0.717, 1.165) is 62.1 Å². The van der Waals surface area contributed by atoms with Crippen molar-refractivity contribution in [2.75, 3.05) is 25.0 Å². The minimum Gasteiger partial charge on any atom is -0.431 e. The van der Waals surface area contributed by atoms with Crippen molar-refractivity contribution in [3.8, 4) is 10.4 Å². The maximum atomic E-state index is 14.4. The van der Waals surface area contributed by atoms with Crippen molar-refractivity contribution in [3.05, 3.63) is 41.3 Å². The lowest BCUT2D eigenvalue weighted by Gasteiger charge is -2.40. The molecule has 1 atom stereocenters. The van der Waals surface area contributed by atoms with Gasteiger partial charge in [0.05, 0.1) is 11.8 Å². The van der Waals surface area contributed by atoms with Crippen LogP contribution in [0, 0.1) is 17.8 Å². The minimum absolute atomic E-state index is 0. The third-order valence-electron chi connectivity index (χ3n) is 8.18. The second kappa shape index (κ2) is 15.9. The summed E-state index contributed by atoms with van der Waals surface area (Å²) in [6, 6.07) is 11.8. The Kier molecular flexibility index (Phi) is 12.9. The van der Waals surface area contributed by atoms with Crippen molar-refractivity contribution >= 4 is 47.5 Å². The number of hydrogen-bond acceptors (Lipinski definition) is 8. The lowest BCUT2D eigenvalue weighted by Crippen LogP contribution is -2.49. The highest BCUT2D eigenvalue weighted by molar-refractivity contribution is 7.18. The molecule has 1 unspecified atom stereocenters. The topological polar surface area (TPSA) is 85.4 Å². The molecular formula is C33H47ClN2O6S. The first-order valence-electron chi connectivity index (χ1n) is 15.3. The highest BCUT2D eigenvalue weighted by atomic mass is 35.5. The quantitative estimate of drug-likeness (QED) is 0.206. The maximum absolute atomic E-state index is 14.4. The zero-order valence-corrected chi connectivity index (χ0v) is 27.9. The number of halogens is 1. The van der Waals surface area contributed by atoms with E-state index in [1.165, 1.54) is 11.3 Å². The van der Waals surface area contributed by atoms with Crippen molar-refractivity contribution in [1.29, 1.82) is 0 Å². The number of nitrogens with zero attached hydrogens (tertiary/aromatic N) is 2. The second-order valence-electron chi connectivity index (χ2n) is 12.4. The van der Waals surface area contributed by atoms with E-state index in [-0.39, 0.29) is 42.3 Å². The first-order valence-corrected chi connectivity index (χ1v) is 16.1. The monoisotopic (exact) mass is 634 g/mol. The Hall–Kier alpha value is -2.62. The molecule has 1 amide bonds. The first kappa shape index (κ1) is 34.9. The van der Waals surface area contributed by atoms with Gasteiger partial charge in [0.25, 0.3) is 6.29 Å². The van der Waals surface area contributed by atoms with Crippen LogP contribution in [0.15, 0.2) is 36.4 Å². The summed E-state index contributed by atoms with van der Waals surface area (Å²) in [7, 11) is 2.10. The molecular weight excluding hydrogens is 588 g/mol. The molecule has 1 aliphatic heterocycles. The molecule has 1 aliphatic carbocycles. The van der Waals surface area contributed by atoms with E-state index in [9.17, 15) is 14.4 Å². The Morgan fingerprint density at radius 2 is 1.53 bits per heavy atom. The van der Waals surface area contributed by atoms with Gasteiger partial charge in [0.15, 0.2) is 0 Å². The van der Waals surface area contributed by atoms with Crippen LogP contribution in [-0.2, 0) is 19.0 Å². The average Bonchev–Trinajstić information content (AvgIpc) is 3.39. The molecule has 8 nitrogen and oxygen atoms in total. The summed E-state index contributed by atoms with van der Waals surface area (Å²) in [5.74, 6) is -0.266. The lowest BCUT2D eigenvalue weighted by molar-refractivity contribution is -0.124. The number of hydrogen-bond donors (Lipinski definition) is 0. The predicted molar refractivity (Wildman–Crippen MR) is 173 cm³/mol. The van der Waals surface area contributed by atoms with E-state index in [0.29, 0.717) is 16.5 Å². The number of likely N-dealkylation sites (tertiary alicyclic amines) is 1. The maximum Gasteiger partial charge on any atom is 0.511 e. The molecule has 43 heavy (non-hydrogen) atoms. The van der Waals surface area contributed by atoms with E-state index in [4.69, 9.17) is 14.2 Å². The number of anilines is 1. The molecule has 0 spiro atoms. The SMILES string of the molecule is CC1CCC(C(=O)N(c2cc(-c3ccccc3)sc2C(=O)OC(OC(=O)OC(C)C)C(C)C)C2CCN(C)CC2)CC1.Cl. The third kappa shape index (κ3) is 9.19. The predicted octanol–water partition coefficient (Wildman–Crippen LogP) is 7.79. The fourth-order valence-corrected chi connectivity index (χ4v) is 6.71. The van der Waals surface area contributed by atoms with Gasteiger partial charge in [-0.1, -0.05) is 51.1 Å². The molecule has 1 aromatic heterocycles. The summed E-state index contributed by atoms with van der Waals surface area (Å²) in [4.78, 5) is 46.0. The number of thiophene rings is 1. The molecule has 238 valence electrons. The van der Waals surface area contributed by atoms with Crippen LogP contribution in [0.1, 0.15) is 82.8 Å². The molecule has 2 aliphatic rings. The van der Waals surface area contributed by atoms with Crippen molar-refractivity contribution < 1.29 is 28.6 Å². The van der Waals surface area contributed by atoms with Gasteiger partial charge in [-0.2, -0.15) is 0 Å². The van der Waals surface area contributed by atoms with E-state index >= 15 is 0 Å². The number of amides is 1. The summed E-state index contributed by atoms with van der Waals surface area (Å²) < 4.78 is 16.4. The lowest BCUT2D eigenvalue weighted by atomic mass is 9.82. The fourth-order valence-electron chi connectivity index (χ4n) is 5.67. The van der Waals surface area contributed by atoms with Crippen LogP contribution in [-0.4, -0.2) is 61.5 Å². The van der Waals surface area contributed by atoms with Gasteiger partial charge >= 0.3 is 12.1 Å². The molecule has 2 fully saturated rings. The summed E-state index contributed by atoms with van der Waals surface area (Å²) in [5.41, 5.74) is 1.55. The summed E-state index contributed by atoms with van der Waals surface area (Å²) >= 11 is 1.31. The van der Waals surface area contributed by atoms with Gasteiger partial charge in [-0.05, 0) is 90.1 Å². The van der Waals surface area contributed by atoms with Gasteiger partial charge in [0.1, 0.15) is 4.88 Å². The van der Waals surface area contributed by atoms with Crippen LogP contribution in [0.4, 0.5) is 10.5 Å². The number of esters is 1. The second-order valence-corrected chi connectivity index (χ2v) is 13.5. The average molecular weight is 635 g/mol. The highest BCUT2D eigenvalue weighted by Crippen LogP contribution is 2.41. The van der Waals surface area contributed by atoms with E-state index in [2.05, 4.69) is 18.9 Å². The Bertz CT molecular complexity index is 1200. The first-order chi connectivity index (χ1) is 20.0. The molecule has 10 heteroatoms. The third-order valence-corrected chi connectivity index (χ3v) is 9.34. The standard InChI is InChI=1S/C33H46N2O6S.ClH/c1-21(2)32(41-33(38)39-22(3)4)40-31(37)29-27(20-28(42-29)24-10-8-7-9-11-24)35(26-16-18-34(6)19-17-26)30(36)25-14-12-23(5)13-15-25;/h7-11,20-23,25-26,32H,12-19H2,1-6H3;1H. The summed E-state index contributed by atoms with van der Waals surface area (Å²) in [6.07, 6.45) is 3.06. The normalized spacial score (nSPS) is 20.3. The van der Waals surface area contributed by atoms with Crippen molar-refractivity contribution in [2.24, 2.45) is 17.8 Å². The van der Waals surface area contributed by atoms with Gasteiger partial charge in [0.2, 0.25) is 5.91 Å². The van der Waals surface area contributed by atoms with Crippen LogP contribution < -0.4 is 4.90 Å². The van der Waals surface area contributed by atoms with Crippen molar-refractivity contribution in [1.82, 2.24) is 4.90 Å². The zero-order valence-electron chi connectivity index (χ0n) is 26.2. The summed E-state index contributed by atoms with van der Waals surface area (Å²) in [5, 5.41) is 0. The molecule has 2 heterocycles. The highest BCUT2D eigenvalue weighted by Gasteiger charge is 2.38. The van der Waals surface area contributed by atoms with Crippen LogP contribution in [0.3, 0.4) is 0 Å². The van der Waals surface area contributed by atoms with Gasteiger partial charge < -0.3 is 24.0 Å². The molecule has 0 N–H and O–H groups in total. The minimum atomic E-state index is -1.13. The number of benzene rings is 1. The molecule has 2 aromatic rings. The number of carbonyl (C=O) groups excluding carboxylic acids is 3. The van der Waals surface area contributed by atoms with E-state index < -0.39 is 18.4 Å². The number of rotatable bonds is 9. The van der Waals surface area contributed by atoms with Gasteiger partial charge in [-0.25, -0.2) is 9.59 Å². The smallest absolute Gasteiger partial charge is 0.431 e. The molecule has 0 radical (unpaired) electrons. The molecule has 1 aromatic carbocycles. The molecule has 1 saturated heterocycles. The Labute approximate surface area is 266 Å². The van der Waals surface area contributed by atoms with Crippen LogP contribution in [0.25, 0.3) is 10.4 Å². The van der Waals surface area contributed by atoms with Gasteiger partial charge in [0, 0.05) is 22.8 Å². The zero-order chi connectivity index (χ0) is 30.4. The van der Waals surface area contributed by atoms with Crippen LogP contribution in [0.2, 0.25) is 0 Å². The fraction of sp³-hybridized carbons (Fsp3) is 0.606. The van der Waals surface area contributed by atoms with Gasteiger partial charge in [-0.3, -0.25) is 4.79 Å². The molecule has 0 bridgehead atoms. The Morgan fingerprint density at radius 3 is 2.12 bits per heavy atom. The number of piperidine rings is 1. The largest absolute Gasteiger partial charge is 0.511 e. The van der Waals surface area contributed by atoms with Gasteiger partial charge in [-0.15, -0.1) is 23.7 Å². The van der Waals surface area contributed by atoms with Crippen molar-refractivity contribution in [3.63, 3.8) is 0 Å². The van der Waals surface area contributed by atoms with E-state index in [1.54, 1.807) is 13.8 Å². The Balaban J connectivity index is 0.00000506. The van der Waals surface area contributed by atoms with Crippen molar-refractivity contribution in [2.45, 2.75) is 91.6 Å². The Morgan fingerprint density at radius 1 is 0.907 bits per heavy atom. The van der Waals surface area contributed by atoms with Crippen LogP contribution >= 0.6 is 23.7 Å². The number of ether oxygens (including phenoxy) is 3. The number of carbonyl (C=O) groups is 3. The summed E-state index contributed by atoms with van der Waals surface area (Å²) in [6.45, 7) is 11.1. The molecule has 1 saturated carbocycles.